The van der Waals surface area contributed by atoms with Crippen molar-refractivity contribution in [3.8, 4) is 0 Å². The molecule has 2 saturated heterocycles. The third kappa shape index (κ3) is 3.81. The van der Waals surface area contributed by atoms with Crippen molar-refractivity contribution in [1.82, 2.24) is 16.0 Å². The highest BCUT2D eigenvalue weighted by molar-refractivity contribution is 8.00. The number of amides is 3. The highest BCUT2D eigenvalue weighted by Crippen LogP contribution is 2.44. The molecule has 3 amide bonds. The van der Waals surface area contributed by atoms with E-state index in [4.69, 9.17) is 4.74 Å². The summed E-state index contributed by atoms with van der Waals surface area (Å²) in [6, 6.07) is 7.80. The summed E-state index contributed by atoms with van der Waals surface area (Å²) in [6.07, 6.45) is -0.139. The summed E-state index contributed by atoms with van der Waals surface area (Å²) < 4.78 is 4.76. The van der Waals surface area contributed by atoms with Gasteiger partial charge in [-0.3, -0.25) is 20.2 Å². The number of alkyl carbamates (subject to hydrolysis) is 1. The molecule has 3 N–H and O–H groups in total. The maximum Gasteiger partial charge on any atom is 0.413 e. The standard InChI is InChI=1S/C18H22N4O4S2/c1-2-26-18(25)21-14(23)10-7-8-27-16(10)20-15(24)11-9-22-12-5-3-4-6-13(12)28-17(22)19-11/h3-6,10-11,16-17,19H,2,7-9H2,1H3,(H,20,24)(H,21,23,25). The zero-order valence-corrected chi connectivity index (χ0v) is 17.0. The number of imide groups is 1. The van der Waals surface area contributed by atoms with Crippen LogP contribution in [-0.4, -0.2) is 53.7 Å². The van der Waals surface area contributed by atoms with Crippen molar-refractivity contribution in [3.05, 3.63) is 24.3 Å². The number of benzene rings is 1. The third-order valence-electron chi connectivity index (χ3n) is 4.95. The SMILES string of the molecule is CCOC(=O)NC(=O)C1CCSC1NC(=O)C1CN2c3ccccc3SC2N1. The Hall–Kier alpha value is -1.91. The summed E-state index contributed by atoms with van der Waals surface area (Å²) in [5.74, 6) is -0.226. The molecule has 3 aliphatic heterocycles. The predicted molar refractivity (Wildman–Crippen MR) is 108 cm³/mol. The summed E-state index contributed by atoms with van der Waals surface area (Å²) in [7, 11) is 0. The van der Waals surface area contributed by atoms with Gasteiger partial charge in [0.15, 0.2) is 0 Å². The zero-order chi connectivity index (χ0) is 19.7. The van der Waals surface area contributed by atoms with E-state index in [2.05, 4.69) is 33.0 Å². The molecule has 150 valence electrons. The van der Waals surface area contributed by atoms with Crippen molar-refractivity contribution in [2.75, 3.05) is 23.8 Å². The fraction of sp³-hybridized carbons (Fsp3) is 0.500. The molecule has 10 heteroatoms. The molecule has 0 aromatic heterocycles. The molecule has 1 aromatic carbocycles. The topological polar surface area (TPSA) is 99.8 Å². The van der Waals surface area contributed by atoms with Crippen LogP contribution in [0.25, 0.3) is 0 Å². The summed E-state index contributed by atoms with van der Waals surface area (Å²) in [6.45, 7) is 2.46. The molecule has 0 bridgehead atoms. The molecule has 0 spiro atoms. The number of fused-ring (bicyclic) bond motifs is 3. The van der Waals surface area contributed by atoms with Gasteiger partial charge in [0.2, 0.25) is 11.8 Å². The highest BCUT2D eigenvalue weighted by Gasteiger charge is 2.43. The van der Waals surface area contributed by atoms with Gasteiger partial charge in [-0.25, -0.2) is 4.79 Å². The minimum Gasteiger partial charge on any atom is -0.450 e. The molecule has 3 heterocycles. The van der Waals surface area contributed by atoms with E-state index in [0.717, 1.165) is 11.4 Å². The smallest absolute Gasteiger partial charge is 0.413 e. The number of nitrogens with zero attached hydrogens (tertiary/aromatic N) is 1. The Balaban J connectivity index is 1.34. The van der Waals surface area contributed by atoms with E-state index < -0.39 is 17.9 Å². The lowest BCUT2D eigenvalue weighted by Crippen LogP contribution is -2.50. The second-order valence-corrected chi connectivity index (χ2v) is 9.09. The Morgan fingerprint density at radius 2 is 2.11 bits per heavy atom. The van der Waals surface area contributed by atoms with Gasteiger partial charge in [-0.1, -0.05) is 23.9 Å². The maximum absolute atomic E-state index is 12.8. The van der Waals surface area contributed by atoms with Gasteiger partial charge in [0.1, 0.15) is 11.5 Å². The lowest BCUT2D eigenvalue weighted by molar-refractivity contribution is -0.125. The minimum atomic E-state index is -0.747. The fourth-order valence-electron chi connectivity index (χ4n) is 3.60. The second kappa shape index (κ2) is 8.22. The van der Waals surface area contributed by atoms with Crippen LogP contribution < -0.4 is 20.9 Å². The molecule has 3 aliphatic rings. The van der Waals surface area contributed by atoms with E-state index in [1.54, 1.807) is 18.7 Å². The largest absolute Gasteiger partial charge is 0.450 e. The van der Waals surface area contributed by atoms with Gasteiger partial charge in [0.25, 0.3) is 0 Å². The Bertz CT molecular complexity index is 793. The number of ether oxygens (including phenoxy) is 1. The van der Waals surface area contributed by atoms with Gasteiger partial charge in [0, 0.05) is 11.4 Å². The van der Waals surface area contributed by atoms with E-state index in [1.807, 2.05) is 12.1 Å². The number of hydrogen-bond donors (Lipinski definition) is 3. The average Bonchev–Trinajstić information content (AvgIpc) is 3.35. The molecular formula is C18H22N4O4S2. The molecule has 0 aliphatic carbocycles. The third-order valence-corrected chi connectivity index (χ3v) is 7.44. The van der Waals surface area contributed by atoms with Crippen LogP contribution in [-0.2, 0) is 14.3 Å². The first kappa shape index (κ1) is 19.4. The summed E-state index contributed by atoms with van der Waals surface area (Å²) in [5.41, 5.74) is 1.19. The van der Waals surface area contributed by atoms with Gasteiger partial charge in [-0.2, -0.15) is 0 Å². The molecule has 0 saturated carbocycles. The quantitative estimate of drug-likeness (QED) is 0.668. The van der Waals surface area contributed by atoms with Gasteiger partial charge < -0.3 is 15.0 Å². The Labute approximate surface area is 171 Å². The Kier molecular flexibility index (Phi) is 5.70. The first-order valence-corrected chi connectivity index (χ1v) is 11.2. The van der Waals surface area contributed by atoms with Crippen molar-refractivity contribution in [2.45, 2.75) is 35.2 Å². The van der Waals surface area contributed by atoms with Gasteiger partial charge in [-0.05, 0) is 31.2 Å². The van der Waals surface area contributed by atoms with E-state index in [9.17, 15) is 14.4 Å². The lowest BCUT2D eigenvalue weighted by Gasteiger charge is -2.21. The van der Waals surface area contributed by atoms with Crippen LogP contribution in [0.1, 0.15) is 13.3 Å². The molecule has 1 aromatic rings. The number of carbonyl (C=O) groups excluding carboxylic acids is 3. The number of thioether (sulfide) groups is 2. The zero-order valence-electron chi connectivity index (χ0n) is 15.3. The fourth-order valence-corrected chi connectivity index (χ4v) is 6.20. The van der Waals surface area contributed by atoms with Crippen LogP contribution in [0, 0.1) is 5.92 Å². The Morgan fingerprint density at radius 3 is 2.93 bits per heavy atom. The van der Waals surface area contributed by atoms with Gasteiger partial charge >= 0.3 is 6.09 Å². The predicted octanol–water partition coefficient (Wildman–Crippen LogP) is 1.32. The van der Waals surface area contributed by atoms with E-state index >= 15 is 0 Å². The minimum absolute atomic E-state index is 0.0484. The number of hydrogen-bond acceptors (Lipinski definition) is 8. The first-order chi connectivity index (χ1) is 13.6. The average molecular weight is 423 g/mol. The lowest BCUT2D eigenvalue weighted by atomic mass is 10.1. The van der Waals surface area contributed by atoms with E-state index in [-0.39, 0.29) is 29.4 Å². The normalized spacial score (nSPS) is 27.8. The van der Waals surface area contributed by atoms with E-state index in [1.165, 1.54) is 16.7 Å². The van der Waals surface area contributed by atoms with Crippen molar-refractivity contribution in [3.63, 3.8) is 0 Å². The summed E-state index contributed by atoms with van der Waals surface area (Å²) in [5, 5.41) is 8.24. The van der Waals surface area contributed by atoms with Gasteiger partial charge in [0.05, 0.1) is 23.6 Å². The molecule has 4 unspecified atom stereocenters. The maximum atomic E-state index is 12.8. The molecule has 4 atom stereocenters. The van der Waals surface area contributed by atoms with Crippen molar-refractivity contribution < 1.29 is 19.1 Å². The number of carbonyl (C=O) groups is 3. The van der Waals surface area contributed by atoms with Crippen molar-refractivity contribution in [2.24, 2.45) is 5.92 Å². The van der Waals surface area contributed by atoms with E-state index in [0.29, 0.717) is 13.0 Å². The van der Waals surface area contributed by atoms with Gasteiger partial charge in [-0.15, -0.1) is 11.8 Å². The highest BCUT2D eigenvalue weighted by atomic mass is 32.2. The van der Waals surface area contributed by atoms with Crippen LogP contribution in [0.2, 0.25) is 0 Å². The first-order valence-electron chi connectivity index (χ1n) is 9.25. The summed E-state index contributed by atoms with van der Waals surface area (Å²) in [4.78, 5) is 40.0. The van der Waals surface area contributed by atoms with Crippen LogP contribution in [0.3, 0.4) is 0 Å². The van der Waals surface area contributed by atoms with Crippen LogP contribution in [0.4, 0.5) is 10.5 Å². The molecule has 2 fully saturated rings. The molecular weight excluding hydrogens is 400 g/mol. The number of rotatable bonds is 4. The molecule has 28 heavy (non-hydrogen) atoms. The molecule has 8 nitrogen and oxygen atoms in total. The van der Waals surface area contributed by atoms with Crippen LogP contribution in [0.5, 0.6) is 0 Å². The molecule has 4 rings (SSSR count). The second-order valence-electron chi connectivity index (χ2n) is 6.71. The van der Waals surface area contributed by atoms with Crippen molar-refractivity contribution >= 4 is 47.1 Å². The number of nitrogens with one attached hydrogen (secondary N) is 3. The summed E-state index contributed by atoms with van der Waals surface area (Å²) >= 11 is 3.23. The van der Waals surface area contributed by atoms with Crippen LogP contribution >= 0.6 is 23.5 Å². The van der Waals surface area contributed by atoms with Crippen molar-refractivity contribution in [1.29, 1.82) is 0 Å². The monoisotopic (exact) mass is 422 g/mol. The Morgan fingerprint density at radius 1 is 1.29 bits per heavy atom. The van der Waals surface area contributed by atoms with Crippen LogP contribution in [0.15, 0.2) is 29.2 Å². The number of anilines is 1. The number of para-hydroxylation sites is 1. The molecule has 0 radical (unpaired) electrons.